The summed E-state index contributed by atoms with van der Waals surface area (Å²) < 4.78 is 6.06. The zero-order valence-electron chi connectivity index (χ0n) is 9.63. The molecule has 3 aromatic rings. The van der Waals surface area contributed by atoms with Crippen molar-refractivity contribution in [2.45, 2.75) is 0 Å². The summed E-state index contributed by atoms with van der Waals surface area (Å²) in [6.45, 7) is 0. The maximum Gasteiger partial charge on any atom is 0.292 e. The van der Waals surface area contributed by atoms with Gasteiger partial charge in [0.1, 0.15) is 10.2 Å². The van der Waals surface area contributed by atoms with Crippen molar-refractivity contribution in [3.05, 3.63) is 53.1 Å². The second kappa shape index (κ2) is 4.81. The fourth-order valence-corrected chi connectivity index (χ4v) is 1.85. The van der Waals surface area contributed by atoms with Gasteiger partial charge in [-0.2, -0.15) is 0 Å². The summed E-state index contributed by atoms with van der Waals surface area (Å²) in [7, 11) is 0. The summed E-state index contributed by atoms with van der Waals surface area (Å²) in [6, 6.07) is 9.13. The molecule has 0 saturated heterocycles. The molecule has 0 bridgehead atoms. The number of carbonyl (C=O) groups excluding carboxylic acids is 1. The van der Waals surface area contributed by atoms with Crippen molar-refractivity contribution >= 4 is 38.6 Å². The van der Waals surface area contributed by atoms with Crippen LogP contribution in [0.5, 0.6) is 0 Å². The second-order valence-electron chi connectivity index (χ2n) is 3.83. The van der Waals surface area contributed by atoms with Gasteiger partial charge in [-0.15, -0.1) is 0 Å². The van der Waals surface area contributed by atoms with Gasteiger partial charge in [-0.25, -0.2) is 9.97 Å². The van der Waals surface area contributed by atoms with Gasteiger partial charge in [0.15, 0.2) is 11.6 Å². The molecule has 1 aromatic carbocycles. The van der Waals surface area contributed by atoms with Crippen molar-refractivity contribution in [2.24, 2.45) is 0 Å². The maximum atomic E-state index is 12.0. The zero-order chi connectivity index (χ0) is 13.2. The molecule has 5 nitrogen and oxygen atoms in total. The third kappa shape index (κ3) is 2.48. The number of halogens is 1. The van der Waals surface area contributed by atoms with Gasteiger partial charge in [-0.05, 0) is 28.1 Å². The number of amides is 1. The molecule has 2 heterocycles. The van der Waals surface area contributed by atoms with E-state index in [-0.39, 0.29) is 11.7 Å². The Morgan fingerprint density at radius 2 is 2.05 bits per heavy atom. The van der Waals surface area contributed by atoms with E-state index < -0.39 is 0 Å². The Labute approximate surface area is 116 Å². The molecular weight excluding hydrogens is 310 g/mol. The lowest BCUT2D eigenvalue weighted by Crippen LogP contribution is -2.12. The summed E-state index contributed by atoms with van der Waals surface area (Å²) in [5, 5.41) is 3.50. The van der Waals surface area contributed by atoms with Crippen LogP contribution < -0.4 is 5.32 Å². The molecular formula is C13H8BrN3O2. The molecule has 0 saturated carbocycles. The van der Waals surface area contributed by atoms with Crippen LogP contribution in [0.15, 0.2) is 51.7 Å². The van der Waals surface area contributed by atoms with Crippen molar-refractivity contribution in [1.82, 2.24) is 9.97 Å². The van der Waals surface area contributed by atoms with Crippen LogP contribution in [-0.4, -0.2) is 15.9 Å². The first-order chi connectivity index (χ1) is 9.22. The van der Waals surface area contributed by atoms with E-state index in [0.29, 0.717) is 16.0 Å². The summed E-state index contributed by atoms with van der Waals surface area (Å²) in [5.41, 5.74) is 0.676. The van der Waals surface area contributed by atoms with Gasteiger partial charge >= 0.3 is 0 Å². The Hall–Kier alpha value is -2.21. The summed E-state index contributed by atoms with van der Waals surface area (Å²) in [4.78, 5) is 20.0. The molecule has 19 heavy (non-hydrogen) atoms. The third-order valence-electron chi connectivity index (χ3n) is 2.51. The lowest BCUT2D eigenvalue weighted by Gasteiger charge is -2.00. The molecule has 1 N–H and O–H groups in total. The van der Waals surface area contributed by atoms with Crippen LogP contribution in [0.3, 0.4) is 0 Å². The Morgan fingerprint density at radius 1 is 1.21 bits per heavy atom. The number of para-hydroxylation sites is 1. The highest BCUT2D eigenvalue weighted by molar-refractivity contribution is 9.10. The van der Waals surface area contributed by atoms with Crippen molar-refractivity contribution in [1.29, 1.82) is 0 Å². The minimum atomic E-state index is -0.354. The van der Waals surface area contributed by atoms with Gasteiger partial charge < -0.3 is 9.73 Å². The fraction of sp³-hybridized carbons (Fsp3) is 0. The van der Waals surface area contributed by atoms with Crippen molar-refractivity contribution in [3.63, 3.8) is 0 Å². The van der Waals surface area contributed by atoms with E-state index in [2.05, 4.69) is 31.2 Å². The Morgan fingerprint density at radius 3 is 2.79 bits per heavy atom. The first kappa shape index (κ1) is 11.9. The van der Waals surface area contributed by atoms with Crippen molar-refractivity contribution < 1.29 is 9.21 Å². The van der Waals surface area contributed by atoms with Gasteiger partial charge in [0, 0.05) is 5.39 Å². The summed E-state index contributed by atoms with van der Waals surface area (Å²) in [5.74, 6) is 0.257. The number of nitrogens with zero attached hydrogens (tertiary/aromatic N) is 2. The van der Waals surface area contributed by atoms with Crippen LogP contribution in [0, 0.1) is 0 Å². The number of rotatable bonds is 2. The first-order valence-corrected chi connectivity index (χ1v) is 6.29. The van der Waals surface area contributed by atoms with E-state index in [1.54, 1.807) is 6.07 Å². The fourth-order valence-electron chi connectivity index (χ4n) is 1.65. The van der Waals surface area contributed by atoms with E-state index >= 15 is 0 Å². The Kier molecular flexibility index (Phi) is 3.00. The number of aromatic nitrogens is 2. The van der Waals surface area contributed by atoms with E-state index in [9.17, 15) is 4.79 Å². The monoisotopic (exact) mass is 317 g/mol. The SMILES string of the molecule is O=C(Nc1cnc(Br)cn1)c1cc2ccccc2o1. The van der Waals surface area contributed by atoms with E-state index in [1.807, 2.05) is 24.3 Å². The largest absolute Gasteiger partial charge is 0.451 e. The Bertz CT molecular complexity index is 704. The van der Waals surface area contributed by atoms with Crippen molar-refractivity contribution in [2.75, 3.05) is 5.32 Å². The highest BCUT2D eigenvalue weighted by Crippen LogP contribution is 2.19. The molecule has 94 valence electrons. The number of hydrogen-bond acceptors (Lipinski definition) is 4. The summed E-state index contributed by atoms with van der Waals surface area (Å²) >= 11 is 3.18. The van der Waals surface area contributed by atoms with Gasteiger partial charge in [0.05, 0.1) is 12.4 Å². The highest BCUT2D eigenvalue weighted by atomic mass is 79.9. The Balaban J connectivity index is 1.85. The number of furan rings is 1. The number of hydrogen-bond donors (Lipinski definition) is 1. The number of fused-ring (bicyclic) bond motifs is 1. The number of anilines is 1. The minimum absolute atomic E-state index is 0.242. The number of nitrogens with one attached hydrogen (secondary N) is 1. The average molecular weight is 318 g/mol. The van der Waals surface area contributed by atoms with Crippen LogP contribution in [0.2, 0.25) is 0 Å². The van der Waals surface area contributed by atoms with Gasteiger partial charge in [-0.1, -0.05) is 18.2 Å². The van der Waals surface area contributed by atoms with E-state index in [0.717, 1.165) is 5.39 Å². The van der Waals surface area contributed by atoms with E-state index in [1.165, 1.54) is 12.4 Å². The average Bonchev–Trinajstić information content (AvgIpc) is 2.85. The lowest BCUT2D eigenvalue weighted by atomic mass is 10.2. The topological polar surface area (TPSA) is 68.0 Å². The predicted octanol–water partition coefficient (Wildman–Crippen LogP) is 3.24. The van der Waals surface area contributed by atoms with Crippen molar-refractivity contribution in [3.8, 4) is 0 Å². The maximum absolute atomic E-state index is 12.0. The molecule has 0 radical (unpaired) electrons. The normalized spacial score (nSPS) is 10.6. The van der Waals surface area contributed by atoms with Crippen LogP contribution in [0.25, 0.3) is 11.0 Å². The minimum Gasteiger partial charge on any atom is -0.451 e. The zero-order valence-corrected chi connectivity index (χ0v) is 11.2. The lowest BCUT2D eigenvalue weighted by molar-refractivity contribution is 0.0998. The quantitative estimate of drug-likeness (QED) is 0.787. The molecule has 6 heteroatoms. The van der Waals surface area contributed by atoms with E-state index in [4.69, 9.17) is 4.42 Å². The standard InChI is InChI=1S/C13H8BrN3O2/c14-11-6-16-12(7-15-11)17-13(18)10-5-8-3-1-2-4-9(8)19-10/h1-7H,(H,16,17,18). The van der Waals surface area contributed by atoms with Gasteiger partial charge in [-0.3, -0.25) is 4.79 Å². The highest BCUT2D eigenvalue weighted by Gasteiger charge is 2.12. The van der Waals surface area contributed by atoms with Crippen LogP contribution in [-0.2, 0) is 0 Å². The van der Waals surface area contributed by atoms with Gasteiger partial charge in [0.2, 0.25) is 0 Å². The molecule has 0 aliphatic rings. The summed E-state index contributed by atoms with van der Waals surface area (Å²) in [6.07, 6.45) is 2.97. The van der Waals surface area contributed by atoms with Crippen LogP contribution >= 0.6 is 15.9 Å². The number of benzene rings is 1. The second-order valence-corrected chi connectivity index (χ2v) is 4.64. The first-order valence-electron chi connectivity index (χ1n) is 5.50. The molecule has 0 aliphatic heterocycles. The third-order valence-corrected chi connectivity index (χ3v) is 2.92. The van der Waals surface area contributed by atoms with Gasteiger partial charge in [0.25, 0.3) is 5.91 Å². The molecule has 0 atom stereocenters. The van der Waals surface area contributed by atoms with Crippen LogP contribution in [0.1, 0.15) is 10.6 Å². The predicted molar refractivity (Wildman–Crippen MR) is 73.9 cm³/mol. The number of carbonyl (C=O) groups is 1. The molecule has 0 aliphatic carbocycles. The molecule has 2 aromatic heterocycles. The molecule has 0 unspecified atom stereocenters. The molecule has 1 amide bonds. The molecule has 0 spiro atoms. The molecule has 3 rings (SSSR count). The smallest absolute Gasteiger partial charge is 0.292 e. The van der Waals surface area contributed by atoms with Crippen LogP contribution in [0.4, 0.5) is 5.82 Å². The molecule has 0 fully saturated rings.